The molecule has 6 nitrogen and oxygen atoms in total. The first-order valence-corrected chi connectivity index (χ1v) is 8.65. The predicted octanol–water partition coefficient (Wildman–Crippen LogP) is 2.59. The van der Waals surface area contributed by atoms with Gasteiger partial charge in [0.05, 0.1) is 7.11 Å². The van der Waals surface area contributed by atoms with Crippen molar-refractivity contribution in [2.75, 3.05) is 39.2 Å². The molecule has 0 atom stereocenters. The molecular weight excluding hydrogens is 316 g/mol. The summed E-state index contributed by atoms with van der Waals surface area (Å²) in [5.74, 6) is 2.51. The Kier molecular flexibility index (Phi) is 5.71. The van der Waals surface area contributed by atoms with Gasteiger partial charge in [0.2, 0.25) is 5.95 Å². The Morgan fingerprint density at radius 1 is 1.04 bits per heavy atom. The normalized spacial score (nSPS) is 15.8. The van der Waals surface area contributed by atoms with Crippen molar-refractivity contribution in [1.82, 2.24) is 14.9 Å². The van der Waals surface area contributed by atoms with Gasteiger partial charge in [-0.05, 0) is 37.1 Å². The fraction of sp³-hybridized carbons (Fsp3) is 0.474. The van der Waals surface area contributed by atoms with Crippen LogP contribution >= 0.6 is 0 Å². The Balaban J connectivity index is 1.46. The van der Waals surface area contributed by atoms with E-state index >= 15 is 0 Å². The van der Waals surface area contributed by atoms with Crippen molar-refractivity contribution in [3.05, 3.63) is 42.2 Å². The Labute approximate surface area is 149 Å². The smallest absolute Gasteiger partial charge is 0.224 e. The summed E-state index contributed by atoms with van der Waals surface area (Å²) in [6.07, 6.45) is 6.17. The molecule has 1 fully saturated rings. The minimum Gasteiger partial charge on any atom is -0.497 e. The Morgan fingerprint density at radius 3 is 2.20 bits per heavy atom. The quantitative estimate of drug-likeness (QED) is 0.804. The van der Waals surface area contributed by atoms with Gasteiger partial charge in [0, 0.05) is 51.7 Å². The first-order chi connectivity index (χ1) is 12.1. The van der Waals surface area contributed by atoms with Crippen LogP contribution in [-0.4, -0.2) is 55.3 Å². The van der Waals surface area contributed by atoms with Crippen molar-refractivity contribution in [2.24, 2.45) is 0 Å². The number of likely N-dealkylation sites (tertiary alicyclic amines) is 1. The minimum atomic E-state index is 0.275. The van der Waals surface area contributed by atoms with Gasteiger partial charge >= 0.3 is 0 Å². The number of hydrogen-bond donors (Lipinski definition) is 0. The minimum absolute atomic E-state index is 0.275. The van der Waals surface area contributed by atoms with Gasteiger partial charge in [-0.25, -0.2) is 9.97 Å². The fourth-order valence-corrected chi connectivity index (χ4v) is 2.95. The van der Waals surface area contributed by atoms with Crippen LogP contribution in [0.5, 0.6) is 11.5 Å². The standard InChI is InChI=1S/C19H26N4O2/c1-22(2)19-20-12-15(13-21-19)14-23-10-8-18(9-11-23)25-17-6-4-16(24-3)5-7-17/h4-7,12-13,18H,8-11,14H2,1-3H3. The van der Waals surface area contributed by atoms with Crippen LogP contribution in [0.1, 0.15) is 18.4 Å². The van der Waals surface area contributed by atoms with E-state index in [1.807, 2.05) is 55.7 Å². The Hall–Kier alpha value is -2.34. The molecule has 1 aliphatic heterocycles. The number of methoxy groups -OCH3 is 1. The fourth-order valence-electron chi connectivity index (χ4n) is 2.95. The van der Waals surface area contributed by atoms with Crippen LogP contribution in [0, 0.1) is 0 Å². The highest BCUT2D eigenvalue weighted by molar-refractivity contribution is 5.31. The summed E-state index contributed by atoms with van der Waals surface area (Å²) in [5.41, 5.74) is 1.15. The van der Waals surface area contributed by atoms with E-state index in [1.165, 1.54) is 0 Å². The molecule has 0 radical (unpaired) electrons. The van der Waals surface area contributed by atoms with Gasteiger partial charge in [0.15, 0.2) is 0 Å². The van der Waals surface area contributed by atoms with Gasteiger partial charge < -0.3 is 14.4 Å². The van der Waals surface area contributed by atoms with E-state index in [0.717, 1.165) is 55.5 Å². The second-order valence-corrected chi connectivity index (χ2v) is 6.55. The molecule has 0 spiro atoms. The van der Waals surface area contributed by atoms with Crippen LogP contribution in [0.2, 0.25) is 0 Å². The molecule has 1 aromatic heterocycles. The van der Waals surface area contributed by atoms with E-state index in [-0.39, 0.29) is 6.10 Å². The summed E-state index contributed by atoms with van der Waals surface area (Å²) in [5, 5.41) is 0. The molecule has 0 unspecified atom stereocenters. The summed E-state index contributed by atoms with van der Waals surface area (Å²) in [4.78, 5) is 13.1. The lowest BCUT2D eigenvalue weighted by atomic mass is 10.1. The zero-order chi connectivity index (χ0) is 17.6. The SMILES string of the molecule is COc1ccc(OC2CCN(Cc3cnc(N(C)C)nc3)CC2)cc1. The van der Waals surface area contributed by atoms with Gasteiger partial charge in [-0.1, -0.05) is 0 Å². The van der Waals surface area contributed by atoms with Gasteiger partial charge in [0.1, 0.15) is 17.6 Å². The highest BCUT2D eigenvalue weighted by Crippen LogP contribution is 2.22. The number of benzene rings is 1. The molecule has 0 N–H and O–H groups in total. The number of aromatic nitrogens is 2. The topological polar surface area (TPSA) is 50.7 Å². The van der Waals surface area contributed by atoms with Crippen molar-refractivity contribution in [1.29, 1.82) is 0 Å². The summed E-state index contributed by atoms with van der Waals surface area (Å²) in [7, 11) is 5.57. The third-order valence-corrected chi connectivity index (χ3v) is 4.39. The molecular formula is C19H26N4O2. The van der Waals surface area contributed by atoms with Crippen molar-refractivity contribution in [3.63, 3.8) is 0 Å². The average Bonchev–Trinajstić information content (AvgIpc) is 2.64. The molecule has 0 bridgehead atoms. The third-order valence-electron chi connectivity index (χ3n) is 4.39. The molecule has 1 aliphatic rings. The lowest BCUT2D eigenvalue weighted by molar-refractivity contribution is 0.0966. The number of ether oxygens (including phenoxy) is 2. The van der Waals surface area contributed by atoms with E-state index in [4.69, 9.17) is 9.47 Å². The average molecular weight is 342 g/mol. The summed E-state index contributed by atoms with van der Waals surface area (Å²) < 4.78 is 11.3. The van der Waals surface area contributed by atoms with Gasteiger partial charge in [-0.15, -0.1) is 0 Å². The molecule has 3 rings (SSSR count). The van der Waals surface area contributed by atoms with Crippen LogP contribution in [-0.2, 0) is 6.54 Å². The van der Waals surface area contributed by atoms with Crippen LogP contribution in [0.15, 0.2) is 36.7 Å². The zero-order valence-corrected chi connectivity index (χ0v) is 15.2. The van der Waals surface area contributed by atoms with E-state index in [0.29, 0.717) is 0 Å². The van der Waals surface area contributed by atoms with E-state index < -0.39 is 0 Å². The van der Waals surface area contributed by atoms with Crippen LogP contribution in [0.3, 0.4) is 0 Å². The number of nitrogens with zero attached hydrogens (tertiary/aromatic N) is 4. The number of rotatable bonds is 6. The third kappa shape index (κ3) is 4.82. The molecule has 1 saturated heterocycles. The first-order valence-electron chi connectivity index (χ1n) is 8.65. The molecule has 0 aliphatic carbocycles. The molecule has 0 amide bonds. The van der Waals surface area contributed by atoms with E-state index in [1.54, 1.807) is 7.11 Å². The largest absolute Gasteiger partial charge is 0.497 e. The summed E-state index contributed by atoms with van der Waals surface area (Å²) >= 11 is 0. The maximum absolute atomic E-state index is 6.08. The van der Waals surface area contributed by atoms with Crippen LogP contribution in [0.4, 0.5) is 5.95 Å². The second-order valence-electron chi connectivity index (χ2n) is 6.55. The second kappa shape index (κ2) is 8.16. The molecule has 0 saturated carbocycles. The van der Waals surface area contributed by atoms with Crippen molar-refractivity contribution in [2.45, 2.75) is 25.5 Å². The van der Waals surface area contributed by atoms with Crippen molar-refractivity contribution in [3.8, 4) is 11.5 Å². The lowest BCUT2D eigenvalue weighted by Crippen LogP contribution is -2.37. The number of hydrogen-bond acceptors (Lipinski definition) is 6. The maximum atomic E-state index is 6.08. The van der Waals surface area contributed by atoms with Crippen LogP contribution < -0.4 is 14.4 Å². The van der Waals surface area contributed by atoms with Gasteiger partial charge in [-0.3, -0.25) is 4.90 Å². The summed E-state index contributed by atoms with van der Waals surface area (Å²) in [6, 6.07) is 7.80. The Bertz CT molecular complexity index is 650. The van der Waals surface area contributed by atoms with Gasteiger partial charge in [-0.2, -0.15) is 0 Å². The van der Waals surface area contributed by atoms with E-state index in [9.17, 15) is 0 Å². The first kappa shape index (κ1) is 17.5. The lowest BCUT2D eigenvalue weighted by Gasteiger charge is -2.32. The predicted molar refractivity (Wildman–Crippen MR) is 98.3 cm³/mol. The highest BCUT2D eigenvalue weighted by Gasteiger charge is 2.20. The van der Waals surface area contributed by atoms with Crippen molar-refractivity contribution >= 4 is 5.95 Å². The van der Waals surface area contributed by atoms with Crippen molar-refractivity contribution < 1.29 is 9.47 Å². The van der Waals surface area contributed by atoms with Gasteiger partial charge in [0.25, 0.3) is 0 Å². The van der Waals surface area contributed by atoms with E-state index in [2.05, 4.69) is 14.9 Å². The molecule has 25 heavy (non-hydrogen) atoms. The summed E-state index contributed by atoms with van der Waals surface area (Å²) in [6.45, 7) is 2.94. The monoisotopic (exact) mass is 342 g/mol. The molecule has 134 valence electrons. The number of anilines is 1. The molecule has 1 aromatic carbocycles. The molecule has 2 heterocycles. The number of piperidine rings is 1. The van der Waals surface area contributed by atoms with Crippen LogP contribution in [0.25, 0.3) is 0 Å². The maximum Gasteiger partial charge on any atom is 0.224 e. The molecule has 6 heteroatoms. The molecule has 2 aromatic rings. The zero-order valence-electron chi connectivity index (χ0n) is 15.2. The Morgan fingerprint density at radius 2 is 1.64 bits per heavy atom. The highest BCUT2D eigenvalue weighted by atomic mass is 16.5.